The topological polar surface area (TPSA) is 399 Å². The van der Waals surface area contributed by atoms with Gasteiger partial charge in [-0.05, 0) is 6.92 Å². The Morgan fingerprint density at radius 2 is 0.808 bits per heavy atom. The first kappa shape index (κ1) is 63.1. The molecule has 0 aliphatic carbocycles. The Morgan fingerprint density at radius 1 is 0.654 bits per heavy atom. The Balaban J connectivity index is -0.0000000233. The van der Waals surface area contributed by atoms with E-state index in [-0.39, 0.29) is 110 Å². The molecule has 0 aromatic heterocycles. The van der Waals surface area contributed by atoms with Crippen LogP contribution in [0.2, 0.25) is 0 Å². The zero-order chi connectivity index (χ0) is 12.4. The van der Waals surface area contributed by atoms with Crippen LogP contribution in [0, 0.1) is 6.92 Å². The summed E-state index contributed by atoms with van der Waals surface area (Å²) in [7, 11) is -3.92. The fourth-order valence-electron chi connectivity index (χ4n) is 1.06. The van der Waals surface area contributed by atoms with E-state index in [1.807, 2.05) is 0 Å². The summed E-state index contributed by atoms with van der Waals surface area (Å²) in [5.41, 5.74) is 0. The molecule has 2 fully saturated rings. The Hall–Kier alpha value is 1.54. The van der Waals surface area contributed by atoms with Gasteiger partial charge < -0.3 is 91.9 Å². The Bertz CT molecular complexity index is 217. The average molecular weight is 426 g/mol. The molecule has 2 aliphatic rings. The van der Waals surface area contributed by atoms with Crippen molar-refractivity contribution < 1.29 is 151 Å². The molecule has 21 N–H and O–H groups in total. The van der Waals surface area contributed by atoms with Gasteiger partial charge in [-0.25, -0.2) is 0 Å². The Morgan fingerprint density at radius 3 is 0.962 bits per heavy atom. The van der Waals surface area contributed by atoms with E-state index >= 15 is 0 Å². The smallest absolute Gasteiger partial charge is 0.679 e. The van der Waals surface area contributed by atoms with E-state index in [0.29, 0.717) is 0 Å². The molecule has 1 radical (unpaired) electrons. The molecule has 0 aromatic carbocycles. The van der Waals surface area contributed by atoms with Crippen molar-refractivity contribution in [2.24, 2.45) is 0 Å². The summed E-state index contributed by atoms with van der Waals surface area (Å²) in [5, 5.41) is 43.4. The summed E-state index contributed by atoms with van der Waals surface area (Å²) in [6, 6.07) is 0. The van der Waals surface area contributed by atoms with Gasteiger partial charge >= 0.3 is 87.7 Å². The quantitative estimate of drug-likeness (QED) is 0.227. The summed E-state index contributed by atoms with van der Waals surface area (Å²) >= 11 is 0. The second-order valence-corrected chi connectivity index (χ2v) is 2.73. The number of fused-ring (bicyclic) bond motifs is 2. The van der Waals surface area contributed by atoms with E-state index in [0.717, 1.165) is 0 Å². The minimum absolute atomic E-state index is 0. The molecule has 2 aliphatic heterocycles. The molecule has 18 nitrogen and oxygen atoms in total. The molecule has 0 saturated carbocycles. The van der Waals surface area contributed by atoms with Crippen molar-refractivity contribution in [2.75, 3.05) is 6.61 Å². The molecule has 0 unspecified atom stereocenters. The van der Waals surface area contributed by atoms with Crippen molar-refractivity contribution in [1.29, 1.82) is 0 Å². The fourth-order valence-corrected chi connectivity index (χ4v) is 1.06. The zero-order valence-corrected chi connectivity index (χ0v) is 18.0. The maximum Gasteiger partial charge on any atom is 1.00 e. The first-order valence-electron chi connectivity index (χ1n) is 4.21. The minimum atomic E-state index is -3.45. The molecule has 0 amide bonds. The number of hydrogen-bond acceptors (Lipinski definition) is 10. The van der Waals surface area contributed by atoms with Crippen molar-refractivity contribution in [1.82, 2.24) is 0 Å². The second kappa shape index (κ2) is 26.5. The normalized spacial score (nSPS) is 23.3. The molecule has 0 atom stereocenters. The first-order chi connectivity index (χ1) is 7.32. The third-order valence-electron chi connectivity index (χ3n) is 1.50. The monoisotopic (exact) mass is 427 g/mol. The maximum absolute atomic E-state index is 9.18. The van der Waals surface area contributed by atoms with Crippen LogP contribution in [0.15, 0.2) is 0 Å². The van der Waals surface area contributed by atoms with Crippen molar-refractivity contribution in [3.8, 4) is 0 Å². The number of rotatable bonds is 0. The summed E-state index contributed by atoms with van der Waals surface area (Å²) in [5.74, 6) is 0. The van der Waals surface area contributed by atoms with Gasteiger partial charge in [0.05, 0.1) is 0 Å². The Kier molecular flexibility index (Phi) is 64.4. The van der Waals surface area contributed by atoms with Crippen LogP contribution in [0.5, 0.6) is 0 Å². The standard InChI is InChI=1S/C2H5O.B4H4O9.2Na.8H2O/c1-2-3;5-1-9-3(7)11-2(6)12-4(8,10-1)13-3;;;;;;;;;;/h3H,1-2H2;5-8H;;;8*1H2/q;-2;2*+1;;;;;;;;. The van der Waals surface area contributed by atoms with E-state index in [4.69, 9.17) is 15.2 Å². The third kappa shape index (κ3) is 20.3. The summed E-state index contributed by atoms with van der Waals surface area (Å²) in [6.45, 7) is -3.86. The molecule has 2 heterocycles. The van der Waals surface area contributed by atoms with Gasteiger partial charge in [0.1, 0.15) is 0 Å². The predicted molar refractivity (Wildman–Crippen MR) is 78.7 cm³/mol. The largest absolute Gasteiger partial charge is 1.00 e. The molecule has 26 heavy (non-hydrogen) atoms. The average Bonchev–Trinajstić information content (AvgIpc) is 1.96. The van der Waals surface area contributed by atoms with E-state index in [9.17, 15) is 10.0 Å². The van der Waals surface area contributed by atoms with Gasteiger partial charge in [-0.2, -0.15) is 0 Å². The molecule has 2 rings (SSSR count). The van der Waals surface area contributed by atoms with Gasteiger partial charge in [-0.3, -0.25) is 0 Å². The number of aliphatic hydroxyl groups excluding tert-OH is 1. The van der Waals surface area contributed by atoms with Crippen LogP contribution in [-0.2, 0) is 22.9 Å². The molecule has 0 spiro atoms. The molecule has 2 bridgehead atoms. The van der Waals surface area contributed by atoms with Gasteiger partial charge in [0, 0.05) is 6.61 Å². The number of aliphatic hydroxyl groups is 1. The van der Waals surface area contributed by atoms with Crippen LogP contribution in [0.25, 0.3) is 0 Å². The first-order valence-corrected chi connectivity index (χ1v) is 4.21. The van der Waals surface area contributed by atoms with Crippen molar-refractivity contribution in [2.45, 2.75) is 0 Å². The third-order valence-corrected chi connectivity index (χ3v) is 1.50. The Labute approximate surface area is 192 Å². The molecule has 24 heteroatoms. The van der Waals surface area contributed by atoms with Crippen LogP contribution in [0.3, 0.4) is 0 Å². The molecule has 2 saturated heterocycles. The molecular weight excluding hydrogens is 401 g/mol. The van der Waals surface area contributed by atoms with Crippen LogP contribution in [0.4, 0.5) is 0 Å². The van der Waals surface area contributed by atoms with Crippen LogP contribution >= 0.6 is 0 Å². The van der Waals surface area contributed by atoms with Crippen LogP contribution in [-0.4, -0.2) is 104 Å². The van der Waals surface area contributed by atoms with Gasteiger partial charge in [-0.15, -0.1) is 0 Å². The second-order valence-electron chi connectivity index (χ2n) is 2.73. The summed E-state index contributed by atoms with van der Waals surface area (Å²) in [6.07, 6.45) is 0. The zero-order valence-electron chi connectivity index (χ0n) is 14.0. The predicted octanol–water partition coefficient (Wildman–Crippen LogP) is -16.9. The van der Waals surface area contributed by atoms with Gasteiger partial charge in [0.25, 0.3) is 0 Å². The van der Waals surface area contributed by atoms with Crippen molar-refractivity contribution in [3.05, 3.63) is 6.92 Å². The number of hydrogen-bond donors (Lipinski definition) is 5. The van der Waals surface area contributed by atoms with E-state index in [1.165, 1.54) is 0 Å². The maximum atomic E-state index is 9.18. The van der Waals surface area contributed by atoms with E-state index in [1.54, 1.807) is 0 Å². The minimum Gasteiger partial charge on any atom is -0.679 e. The summed E-state index contributed by atoms with van der Waals surface area (Å²) in [4.78, 5) is 0. The van der Waals surface area contributed by atoms with Crippen molar-refractivity contribution in [3.63, 3.8) is 0 Å². The summed E-state index contributed by atoms with van der Waals surface area (Å²) < 4.78 is 21.1. The fraction of sp³-hybridized carbons (Fsp3) is 0.500. The van der Waals surface area contributed by atoms with Gasteiger partial charge in [-0.1, -0.05) is 0 Å². The van der Waals surface area contributed by atoms with Gasteiger partial charge in [0.2, 0.25) is 0 Å². The van der Waals surface area contributed by atoms with E-state index < -0.39 is 28.6 Å². The molecule has 155 valence electrons. The van der Waals surface area contributed by atoms with Gasteiger partial charge in [0.15, 0.2) is 0 Å². The van der Waals surface area contributed by atoms with E-state index in [2.05, 4.69) is 29.8 Å². The van der Waals surface area contributed by atoms with Crippen molar-refractivity contribution >= 4 is 28.6 Å². The van der Waals surface area contributed by atoms with Crippen LogP contribution in [0.1, 0.15) is 0 Å². The molecule has 0 aromatic rings. The molecular formula is C2H25B4Na2O18. The van der Waals surface area contributed by atoms with Crippen LogP contribution < -0.4 is 59.1 Å². The SMILES string of the molecule is O.O.O.O.O.O.O.O.OB1O[B-]2(O)OB(O)O[B-](O)(O1)O2.[CH2]CO.[Na+].[Na+].